The molecule has 5 heteroatoms. The Morgan fingerprint density at radius 1 is 1.29 bits per heavy atom. The Morgan fingerprint density at radius 2 is 2.05 bits per heavy atom. The van der Waals surface area contributed by atoms with Gasteiger partial charge in [0.15, 0.2) is 0 Å². The number of nitrogens with zero attached hydrogens (tertiary/aromatic N) is 3. The maximum Gasteiger partial charge on any atom is 0.264 e. The van der Waals surface area contributed by atoms with E-state index in [4.69, 9.17) is 4.42 Å². The third kappa shape index (κ3) is 2.46. The molecule has 5 nitrogen and oxygen atoms in total. The van der Waals surface area contributed by atoms with Crippen LogP contribution in [0.3, 0.4) is 0 Å². The lowest BCUT2D eigenvalue weighted by atomic mass is 10.2. The second kappa shape index (κ2) is 5.16. The molecule has 1 aromatic carbocycles. The molecule has 2 heterocycles. The van der Waals surface area contributed by atoms with Gasteiger partial charge in [0.2, 0.25) is 5.89 Å². The number of fused-ring (bicyclic) bond motifs is 1. The molecule has 0 radical (unpaired) electrons. The van der Waals surface area contributed by atoms with E-state index in [0.29, 0.717) is 18.3 Å². The van der Waals surface area contributed by atoms with Crippen molar-refractivity contribution < 1.29 is 9.21 Å². The molecule has 0 atom stereocenters. The van der Waals surface area contributed by atoms with Crippen molar-refractivity contribution in [2.75, 3.05) is 0 Å². The van der Waals surface area contributed by atoms with E-state index in [2.05, 4.69) is 10.2 Å². The van der Waals surface area contributed by atoms with Crippen LogP contribution in [0.5, 0.6) is 0 Å². The number of aromatic nitrogens is 3. The molecule has 0 aliphatic rings. The average molecular weight is 283 g/mol. The predicted molar refractivity (Wildman–Crippen MR) is 80.0 cm³/mol. The van der Waals surface area contributed by atoms with Gasteiger partial charge in [-0.2, -0.15) is 0 Å². The number of hydrogen-bond acceptors (Lipinski definition) is 4. The summed E-state index contributed by atoms with van der Waals surface area (Å²) in [5.41, 5.74) is 1.78. The van der Waals surface area contributed by atoms with Gasteiger partial charge in [-0.1, -0.05) is 32.0 Å². The Hall–Kier alpha value is -2.43. The van der Waals surface area contributed by atoms with Gasteiger partial charge in [-0.15, -0.1) is 10.2 Å². The zero-order chi connectivity index (χ0) is 15.0. The SMILES string of the molecule is CC(=O)Cn1c(-c2nnc(C(C)C)o2)cc2ccccc21. The van der Waals surface area contributed by atoms with Crippen molar-refractivity contribution in [1.82, 2.24) is 14.8 Å². The van der Waals surface area contributed by atoms with Gasteiger partial charge >= 0.3 is 0 Å². The molecule has 0 saturated carbocycles. The van der Waals surface area contributed by atoms with Crippen LogP contribution in [0.2, 0.25) is 0 Å². The van der Waals surface area contributed by atoms with Crippen LogP contribution in [0, 0.1) is 0 Å². The van der Waals surface area contributed by atoms with Gasteiger partial charge in [0.25, 0.3) is 5.89 Å². The summed E-state index contributed by atoms with van der Waals surface area (Å²) >= 11 is 0. The van der Waals surface area contributed by atoms with Crippen LogP contribution in [0.1, 0.15) is 32.6 Å². The van der Waals surface area contributed by atoms with Gasteiger partial charge in [-0.25, -0.2) is 0 Å². The first-order chi connectivity index (χ1) is 10.1. The summed E-state index contributed by atoms with van der Waals surface area (Å²) in [5, 5.41) is 9.24. The Balaban J connectivity index is 2.17. The summed E-state index contributed by atoms with van der Waals surface area (Å²) < 4.78 is 7.65. The molecule has 0 saturated heterocycles. The first-order valence-electron chi connectivity index (χ1n) is 6.97. The topological polar surface area (TPSA) is 60.9 Å². The molecular formula is C16H17N3O2. The van der Waals surface area contributed by atoms with Crippen molar-refractivity contribution in [2.45, 2.75) is 33.2 Å². The fraction of sp³-hybridized carbons (Fsp3) is 0.312. The van der Waals surface area contributed by atoms with Crippen molar-refractivity contribution >= 4 is 16.7 Å². The van der Waals surface area contributed by atoms with E-state index in [1.807, 2.05) is 48.7 Å². The van der Waals surface area contributed by atoms with Crippen molar-refractivity contribution in [3.8, 4) is 11.6 Å². The van der Waals surface area contributed by atoms with E-state index in [0.717, 1.165) is 16.6 Å². The lowest BCUT2D eigenvalue weighted by Crippen LogP contribution is -2.07. The van der Waals surface area contributed by atoms with Crippen LogP contribution in [0.15, 0.2) is 34.7 Å². The summed E-state index contributed by atoms with van der Waals surface area (Å²) in [7, 11) is 0. The lowest BCUT2D eigenvalue weighted by Gasteiger charge is -2.05. The Bertz CT molecular complexity index is 799. The first-order valence-corrected chi connectivity index (χ1v) is 6.97. The second-order valence-electron chi connectivity index (χ2n) is 5.48. The Morgan fingerprint density at radius 3 is 2.71 bits per heavy atom. The predicted octanol–water partition coefficient (Wildman–Crippen LogP) is 3.40. The highest BCUT2D eigenvalue weighted by Crippen LogP contribution is 2.28. The summed E-state index contributed by atoms with van der Waals surface area (Å²) in [6.07, 6.45) is 0. The van der Waals surface area contributed by atoms with Crippen LogP contribution in [-0.2, 0) is 11.3 Å². The molecule has 0 aliphatic heterocycles. The number of carbonyl (C=O) groups is 1. The van der Waals surface area contributed by atoms with Gasteiger partial charge in [-0.3, -0.25) is 4.79 Å². The van der Waals surface area contributed by atoms with E-state index in [-0.39, 0.29) is 11.7 Å². The number of para-hydroxylation sites is 1. The van der Waals surface area contributed by atoms with Gasteiger partial charge < -0.3 is 8.98 Å². The highest BCUT2D eigenvalue weighted by Gasteiger charge is 2.18. The maximum absolute atomic E-state index is 11.6. The van der Waals surface area contributed by atoms with Gasteiger partial charge in [0, 0.05) is 16.8 Å². The minimum absolute atomic E-state index is 0.0844. The maximum atomic E-state index is 11.6. The van der Waals surface area contributed by atoms with Crippen LogP contribution < -0.4 is 0 Å². The average Bonchev–Trinajstić information content (AvgIpc) is 3.03. The normalized spacial score (nSPS) is 11.4. The monoisotopic (exact) mass is 283 g/mol. The molecule has 3 rings (SSSR count). The molecular weight excluding hydrogens is 266 g/mol. The molecule has 0 fully saturated rings. The fourth-order valence-corrected chi connectivity index (χ4v) is 2.35. The fourth-order valence-electron chi connectivity index (χ4n) is 2.35. The zero-order valence-corrected chi connectivity index (χ0v) is 12.3. The van der Waals surface area contributed by atoms with E-state index in [1.54, 1.807) is 6.92 Å². The highest BCUT2D eigenvalue weighted by atomic mass is 16.4. The van der Waals surface area contributed by atoms with Crippen LogP contribution in [0.4, 0.5) is 0 Å². The zero-order valence-electron chi connectivity index (χ0n) is 12.3. The molecule has 0 amide bonds. The number of ketones is 1. The van der Waals surface area contributed by atoms with Gasteiger partial charge in [-0.05, 0) is 19.1 Å². The first kappa shape index (κ1) is 13.5. The molecule has 21 heavy (non-hydrogen) atoms. The van der Waals surface area contributed by atoms with E-state index in [1.165, 1.54) is 0 Å². The molecule has 0 aliphatic carbocycles. The van der Waals surface area contributed by atoms with Crippen molar-refractivity contribution in [2.24, 2.45) is 0 Å². The van der Waals surface area contributed by atoms with Crippen LogP contribution >= 0.6 is 0 Å². The summed E-state index contributed by atoms with van der Waals surface area (Å²) in [6, 6.07) is 9.90. The van der Waals surface area contributed by atoms with Crippen molar-refractivity contribution in [3.63, 3.8) is 0 Å². The number of carbonyl (C=O) groups excluding carboxylic acids is 1. The minimum Gasteiger partial charge on any atom is -0.419 e. The third-order valence-corrected chi connectivity index (χ3v) is 3.34. The van der Waals surface area contributed by atoms with E-state index in [9.17, 15) is 4.79 Å². The van der Waals surface area contributed by atoms with Crippen LogP contribution in [0.25, 0.3) is 22.5 Å². The number of rotatable bonds is 4. The molecule has 3 aromatic rings. The summed E-state index contributed by atoms with van der Waals surface area (Å²) in [6.45, 7) is 5.87. The molecule has 0 spiro atoms. The molecule has 0 bridgehead atoms. The molecule has 0 unspecified atom stereocenters. The lowest BCUT2D eigenvalue weighted by molar-refractivity contribution is -0.117. The Labute approximate surface area is 122 Å². The molecule has 2 aromatic heterocycles. The number of benzene rings is 1. The molecule has 0 N–H and O–H groups in total. The van der Waals surface area contributed by atoms with Gasteiger partial charge in [0.05, 0.1) is 6.54 Å². The van der Waals surface area contributed by atoms with E-state index < -0.39 is 0 Å². The largest absolute Gasteiger partial charge is 0.419 e. The van der Waals surface area contributed by atoms with E-state index >= 15 is 0 Å². The summed E-state index contributed by atoms with van der Waals surface area (Å²) in [4.78, 5) is 11.6. The minimum atomic E-state index is 0.0844. The van der Waals surface area contributed by atoms with Crippen LogP contribution in [-0.4, -0.2) is 20.5 Å². The summed E-state index contributed by atoms with van der Waals surface area (Å²) in [5.74, 6) is 1.32. The highest BCUT2D eigenvalue weighted by molar-refractivity contribution is 5.88. The van der Waals surface area contributed by atoms with Crippen molar-refractivity contribution in [1.29, 1.82) is 0 Å². The number of hydrogen-bond donors (Lipinski definition) is 0. The Kier molecular flexibility index (Phi) is 3.33. The third-order valence-electron chi connectivity index (χ3n) is 3.34. The smallest absolute Gasteiger partial charge is 0.264 e. The van der Waals surface area contributed by atoms with Crippen molar-refractivity contribution in [3.05, 3.63) is 36.2 Å². The standard InChI is InChI=1S/C16H17N3O2/c1-10(2)15-17-18-16(21-15)14-8-12-6-4-5-7-13(12)19(14)9-11(3)20/h4-8,10H,9H2,1-3H3. The quantitative estimate of drug-likeness (QED) is 0.736. The molecule has 108 valence electrons. The number of Topliss-reactive ketones (excluding diaryl/α,β-unsaturated/α-hetero) is 1. The second-order valence-corrected chi connectivity index (χ2v) is 5.48. The van der Waals surface area contributed by atoms with Gasteiger partial charge in [0.1, 0.15) is 11.5 Å².